The Balaban J connectivity index is 0. The fourth-order valence-corrected chi connectivity index (χ4v) is 11.5. The predicted octanol–water partition coefficient (Wildman–Crippen LogP) is 15.3. The third kappa shape index (κ3) is 79.6. The molecule has 0 saturated carbocycles. The van der Waals surface area contributed by atoms with Gasteiger partial charge in [0, 0.05) is 125 Å². The number of hydrogen-bond acceptors (Lipinski definition) is 30. The highest BCUT2D eigenvalue weighted by atomic mass is 16.6. The molecule has 5 atom stereocenters. The van der Waals surface area contributed by atoms with Crippen LogP contribution in [0.25, 0.3) is 0 Å². The second kappa shape index (κ2) is 103. The van der Waals surface area contributed by atoms with Gasteiger partial charge in [0.2, 0.25) is 0 Å². The largest absolute Gasteiger partial charge is 0.516 e. The molecule has 3 aromatic carbocycles. The van der Waals surface area contributed by atoms with Gasteiger partial charge in [-0.1, -0.05) is 164 Å². The first-order valence-electron chi connectivity index (χ1n) is 50.1. The summed E-state index contributed by atoms with van der Waals surface area (Å²) < 4.78 is 131. The van der Waals surface area contributed by atoms with Gasteiger partial charge in [-0.05, 0) is 87.8 Å². The molecule has 6 rings (SSSR count). The number of aliphatic hydroxyl groups excluding tert-OH is 2. The van der Waals surface area contributed by atoms with Crippen molar-refractivity contribution in [1.82, 2.24) is 0 Å². The zero-order valence-electron chi connectivity index (χ0n) is 86.5. The number of aliphatic hydroxyl groups is 2. The zero-order chi connectivity index (χ0) is 102. The minimum Gasteiger partial charge on any atom is -0.516 e. The quantitative estimate of drug-likeness (QED) is 0.0301. The number of imide groups is 3. The Morgan fingerprint density at radius 3 is 0.511 bits per heavy atom. The fourth-order valence-electron chi connectivity index (χ4n) is 11.5. The van der Waals surface area contributed by atoms with Gasteiger partial charge in [0.1, 0.15) is 0 Å². The summed E-state index contributed by atoms with van der Waals surface area (Å²) >= 11 is 0. The molecule has 3 aliphatic heterocycles. The lowest BCUT2D eigenvalue weighted by atomic mass is 10.1. The summed E-state index contributed by atoms with van der Waals surface area (Å²) in [5.74, 6) is -1.96. The van der Waals surface area contributed by atoms with E-state index in [4.69, 9.17) is 114 Å². The topological polar surface area (TPSA) is 356 Å². The highest BCUT2D eigenvalue weighted by Gasteiger charge is 2.28. The second-order valence-electron chi connectivity index (χ2n) is 31.8. The van der Waals surface area contributed by atoms with Gasteiger partial charge >= 0.3 is 0 Å². The number of rotatable bonds is 82. The van der Waals surface area contributed by atoms with Crippen LogP contribution in [0.15, 0.2) is 153 Å². The first-order valence-corrected chi connectivity index (χ1v) is 50.1. The molecule has 0 aromatic heterocycles. The normalized spacial score (nSPS) is 13.5. The van der Waals surface area contributed by atoms with E-state index in [2.05, 4.69) is 89.3 Å². The summed E-state index contributed by atoms with van der Waals surface area (Å²) in [7, 11) is 0. The predicted molar refractivity (Wildman–Crippen MR) is 543 cm³/mol. The summed E-state index contributed by atoms with van der Waals surface area (Å²) in [6.45, 7) is 53.7. The van der Waals surface area contributed by atoms with Crippen LogP contribution >= 0.6 is 0 Å². The van der Waals surface area contributed by atoms with Crippen LogP contribution in [0.2, 0.25) is 0 Å². The lowest BCUT2D eigenvalue weighted by molar-refractivity contribution is -0.121. The number of anilines is 3. The lowest BCUT2D eigenvalue weighted by Crippen LogP contribution is -2.31. The summed E-state index contributed by atoms with van der Waals surface area (Å²) in [6.07, 6.45) is 19.9. The molecule has 139 heavy (non-hydrogen) atoms. The number of para-hydroxylation sites is 3. The van der Waals surface area contributed by atoms with Crippen molar-refractivity contribution in [2.24, 2.45) is 35.5 Å². The van der Waals surface area contributed by atoms with E-state index in [9.17, 15) is 28.8 Å². The van der Waals surface area contributed by atoms with E-state index < -0.39 is 0 Å². The van der Waals surface area contributed by atoms with Crippen LogP contribution in [0, 0.1) is 35.5 Å². The van der Waals surface area contributed by atoms with Gasteiger partial charge in [0.05, 0.1) is 267 Å². The Hall–Kier alpha value is -7.50. The van der Waals surface area contributed by atoms with Crippen LogP contribution in [0.3, 0.4) is 0 Å². The first kappa shape index (κ1) is 134. The van der Waals surface area contributed by atoms with Crippen molar-refractivity contribution in [2.75, 3.05) is 305 Å². The van der Waals surface area contributed by atoms with E-state index in [0.717, 1.165) is 85.5 Å². The van der Waals surface area contributed by atoms with Crippen molar-refractivity contribution in [3.63, 3.8) is 0 Å². The van der Waals surface area contributed by atoms with Gasteiger partial charge < -0.3 is 114 Å². The number of hydrogen-bond donors (Lipinski definition) is 2. The minimum atomic E-state index is -0.281. The maximum atomic E-state index is 11.2. The van der Waals surface area contributed by atoms with Crippen molar-refractivity contribution >= 4 is 52.5 Å². The van der Waals surface area contributed by atoms with Crippen LogP contribution < -0.4 is 14.7 Å². The van der Waals surface area contributed by atoms with Gasteiger partial charge in [-0.3, -0.25) is 28.8 Å². The van der Waals surface area contributed by atoms with Crippen LogP contribution in [-0.2, 0) is 133 Å². The fraction of sp³-hybridized carbons (Fsp3) is 0.679. The molecule has 3 aromatic rings. The summed E-state index contributed by atoms with van der Waals surface area (Å²) in [5.41, 5.74) is 1.84. The van der Waals surface area contributed by atoms with Crippen molar-refractivity contribution in [3.8, 4) is 0 Å². The van der Waals surface area contributed by atoms with Crippen LogP contribution in [0.4, 0.5) is 17.1 Å². The van der Waals surface area contributed by atoms with Crippen molar-refractivity contribution < 1.29 is 143 Å². The molecular formula is C106H179N3O30. The van der Waals surface area contributed by atoms with E-state index in [1.807, 2.05) is 25.1 Å². The summed E-state index contributed by atoms with van der Waals surface area (Å²) in [4.78, 5) is 70.6. The molecule has 0 aliphatic carbocycles. The summed E-state index contributed by atoms with van der Waals surface area (Å²) in [5, 5.41) is 15.2. The zero-order valence-corrected chi connectivity index (χ0v) is 86.5. The smallest absolute Gasteiger partial charge is 0.258 e. The highest BCUT2D eigenvalue weighted by molar-refractivity contribution is 6.29. The molecule has 6 amide bonds. The third-order valence-electron chi connectivity index (χ3n) is 17.9. The molecule has 3 aliphatic rings. The lowest BCUT2D eigenvalue weighted by Gasteiger charge is -2.24. The van der Waals surface area contributed by atoms with Gasteiger partial charge in [0.25, 0.3) is 35.4 Å². The maximum Gasteiger partial charge on any atom is 0.258 e. The number of carbonyl (C=O) groups is 6. The molecule has 0 spiro atoms. The van der Waals surface area contributed by atoms with Gasteiger partial charge in [-0.2, -0.15) is 0 Å². The molecule has 5 unspecified atom stereocenters. The SMILES string of the molecule is C=CO.C=COCC(COCCOCCC)COCC(COCCOCCC)COCC(COCCOCCC)COCC(COCCOCCC)COCC(COCCOCCC)COCC(COCCOCCOCCC)COCCOCCOCCC.CCC.CCC.CCCO.O=C1C=CC(=O)N1c1ccccc1.O=C1C=CC(=O)N1c1ccccc1.O=C1C=CC(=O)N1c1ccccc1. The Labute approximate surface area is 833 Å². The van der Waals surface area contributed by atoms with Crippen molar-refractivity contribution in [2.45, 2.75) is 147 Å². The van der Waals surface area contributed by atoms with Gasteiger partial charge in [0.15, 0.2) is 0 Å². The second-order valence-corrected chi connectivity index (χ2v) is 31.8. The molecule has 2 N–H and O–H groups in total. The van der Waals surface area contributed by atoms with E-state index in [1.54, 1.807) is 72.8 Å². The Morgan fingerprint density at radius 2 is 0.367 bits per heavy atom. The van der Waals surface area contributed by atoms with Crippen molar-refractivity contribution in [3.05, 3.63) is 153 Å². The Kier molecular flexibility index (Phi) is 99.3. The van der Waals surface area contributed by atoms with E-state index in [0.29, 0.717) is 295 Å². The Morgan fingerprint density at radius 1 is 0.230 bits per heavy atom. The molecule has 0 saturated heterocycles. The third-order valence-corrected chi connectivity index (χ3v) is 17.9. The molecule has 0 bridgehead atoms. The van der Waals surface area contributed by atoms with Crippen LogP contribution in [0.1, 0.15) is 147 Å². The van der Waals surface area contributed by atoms with E-state index in [1.165, 1.54) is 55.6 Å². The van der Waals surface area contributed by atoms with E-state index >= 15 is 0 Å². The number of amides is 6. The molecule has 3 heterocycles. The molecule has 0 fully saturated rings. The maximum absolute atomic E-state index is 11.2. The summed E-state index contributed by atoms with van der Waals surface area (Å²) in [6, 6.07) is 26.6. The van der Waals surface area contributed by atoms with Gasteiger partial charge in [-0.25, -0.2) is 14.7 Å². The number of nitrogens with zero attached hydrogens (tertiary/aromatic N) is 3. The standard InChI is InChI=1S/C65H130O22.3C10H7NO2.C3H8O.2C3H8.C2H4O/c1-9-17-67-24-26-74-33-40-81-44-61(45-82-41-34-75-27-25-68-18-10-2)51-84-53-63(47-78-37-30-71-21-13-5)55-86-57-65(49-80-39-32-73-23-15-7)59-87-58-64(48-79-38-31-72-22-14-6)56-85-54-62(46-77-36-29-70-20-12-4)52-83-50-60(42-66-16-8)43-76-35-28-69-19-11-3;3*12-9-6-7-10(13)11(9)8-4-2-1-3-5-8;1-2-3-4;2*1-3-2;1-2-3/h16,60-65H,8-15,17-59H2,1-7H3;3*1-7H;4H,2-3H2,1H3;2*3H2,1-2H3;2-3H,1H2. The highest BCUT2D eigenvalue weighted by Crippen LogP contribution is 2.21. The van der Waals surface area contributed by atoms with Crippen LogP contribution in [-0.4, -0.2) is 336 Å². The molecular weight excluding hydrogens is 1800 g/mol. The molecule has 33 heteroatoms. The van der Waals surface area contributed by atoms with E-state index in [-0.39, 0.29) is 71.0 Å². The minimum absolute atomic E-state index is 0.00879. The monoisotopic (exact) mass is 1970 g/mol. The Bertz CT molecular complexity index is 3090. The number of benzene rings is 3. The molecule has 798 valence electrons. The van der Waals surface area contributed by atoms with Gasteiger partial charge in [-0.15, -0.1) is 0 Å². The average molecular weight is 1980 g/mol. The number of ether oxygens (including phenoxy) is 22. The number of carbonyl (C=O) groups excluding carboxylic acids is 6. The van der Waals surface area contributed by atoms with Crippen molar-refractivity contribution in [1.29, 1.82) is 0 Å². The first-order chi connectivity index (χ1) is 68.0. The van der Waals surface area contributed by atoms with Crippen LogP contribution in [0.5, 0.6) is 0 Å². The molecule has 33 nitrogen and oxygen atoms in total. The average Bonchev–Trinajstić information content (AvgIpc) is 1.72. The molecule has 0 radical (unpaired) electrons.